The fourth-order valence-electron chi connectivity index (χ4n) is 1.79. The van der Waals surface area contributed by atoms with Crippen molar-refractivity contribution in [2.24, 2.45) is 0 Å². The fraction of sp³-hybridized carbons (Fsp3) is 0.143. The monoisotopic (exact) mass is 283 g/mol. The van der Waals surface area contributed by atoms with E-state index in [-0.39, 0.29) is 23.1 Å². The van der Waals surface area contributed by atoms with Gasteiger partial charge in [-0.1, -0.05) is 12.1 Å². The summed E-state index contributed by atoms with van der Waals surface area (Å²) in [7, 11) is -1.63. The van der Waals surface area contributed by atoms with Crippen molar-refractivity contribution in [1.82, 2.24) is 4.98 Å². The number of nitrogens with two attached hydrogens (primary N) is 1. The average Bonchev–Trinajstić information content (AvgIpc) is 2.49. The van der Waals surface area contributed by atoms with Gasteiger partial charge in [0.25, 0.3) is 0 Å². The summed E-state index contributed by atoms with van der Waals surface area (Å²) in [5.74, 6) is 0.442. The normalized spacial score (nSPS) is 11.5. The predicted octanol–water partition coefficient (Wildman–Crippen LogP) is 0.355. The number of hydrogen-bond donors (Lipinski definition) is 3. The summed E-state index contributed by atoms with van der Waals surface area (Å²) in [4.78, 5) is 3.86. The lowest BCUT2D eigenvalue weighted by atomic mass is 9.81. The third-order valence-electron chi connectivity index (χ3n) is 3.01. The molecule has 0 amide bonds. The Kier molecular flexibility index (Phi) is 4.43. The molecule has 0 aliphatic rings. The van der Waals surface area contributed by atoms with E-state index in [4.69, 9.17) is 25.8 Å². The molecule has 0 fully saturated rings. The molecule has 1 aromatic carbocycles. The van der Waals surface area contributed by atoms with Crippen LogP contribution >= 0.6 is 0 Å². The minimum atomic E-state index is -1.63. The smallest absolute Gasteiger partial charge is 0.482 e. The van der Waals surface area contributed by atoms with Gasteiger partial charge in [0.15, 0.2) is 11.6 Å². The molecule has 7 heteroatoms. The van der Waals surface area contributed by atoms with E-state index in [9.17, 15) is 0 Å². The molecule has 2 rings (SSSR count). The van der Waals surface area contributed by atoms with Gasteiger partial charge >= 0.3 is 7.12 Å². The van der Waals surface area contributed by atoms with Crippen molar-refractivity contribution in [3.8, 4) is 11.8 Å². The van der Waals surface area contributed by atoms with Gasteiger partial charge in [-0.15, -0.1) is 0 Å². The van der Waals surface area contributed by atoms with Crippen LogP contribution < -0.4 is 15.9 Å². The molecule has 0 saturated carbocycles. The molecule has 106 valence electrons. The highest BCUT2D eigenvalue weighted by Crippen LogP contribution is 2.24. The van der Waals surface area contributed by atoms with E-state index >= 15 is 0 Å². The van der Waals surface area contributed by atoms with Crippen LogP contribution in [-0.4, -0.2) is 22.2 Å². The number of nitrogen functional groups attached to an aromatic ring is 1. The maximum Gasteiger partial charge on any atom is 0.490 e. The second kappa shape index (κ2) is 6.26. The summed E-state index contributed by atoms with van der Waals surface area (Å²) >= 11 is 0. The third-order valence-corrected chi connectivity index (χ3v) is 3.01. The number of ether oxygens (including phenoxy) is 1. The number of pyridine rings is 1. The highest BCUT2D eigenvalue weighted by molar-refractivity contribution is 6.58. The summed E-state index contributed by atoms with van der Waals surface area (Å²) in [6.07, 6.45) is 0.951. The lowest BCUT2D eigenvalue weighted by molar-refractivity contribution is 0.227. The lowest BCUT2D eigenvalue weighted by Crippen LogP contribution is -2.30. The van der Waals surface area contributed by atoms with E-state index < -0.39 is 7.12 Å². The molecule has 21 heavy (non-hydrogen) atoms. The quantitative estimate of drug-likeness (QED) is 0.698. The van der Waals surface area contributed by atoms with Crippen LogP contribution in [0.15, 0.2) is 36.5 Å². The van der Waals surface area contributed by atoms with Gasteiger partial charge in [-0.25, -0.2) is 4.98 Å². The molecule has 0 spiro atoms. The minimum absolute atomic E-state index is 0.167. The van der Waals surface area contributed by atoms with Gasteiger partial charge in [-0.2, -0.15) is 5.26 Å². The Morgan fingerprint density at radius 1 is 1.33 bits per heavy atom. The molecule has 2 aromatic rings. The van der Waals surface area contributed by atoms with Crippen LogP contribution in [0.2, 0.25) is 0 Å². The van der Waals surface area contributed by atoms with Gasteiger partial charge in [0, 0.05) is 11.7 Å². The zero-order chi connectivity index (χ0) is 15.4. The summed E-state index contributed by atoms with van der Waals surface area (Å²) in [6.45, 7) is 1.82. The largest absolute Gasteiger partial charge is 0.490 e. The number of anilines is 1. The van der Waals surface area contributed by atoms with Crippen molar-refractivity contribution < 1.29 is 14.8 Å². The molecule has 6 nitrogen and oxygen atoms in total. The van der Waals surface area contributed by atoms with Gasteiger partial charge in [0.05, 0.1) is 11.6 Å². The first-order valence-electron chi connectivity index (χ1n) is 6.29. The molecule has 0 radical (unpaired) electrons. The molecule has 0 bridgehead atoms. The summed E-state index contributed by atoms with van der Waals surface area (Å²) in [5, 5.41) is 27.0. The second-order valence-corrected chi connectivity index (χ2v) is 4.52. The van der Waals surface area contributed by atoms with Crippen LogP contribution in [-0.2, 0) is 0 Å². The maximum atomic E-state index is 9.14. The molecule has 0 aliphatic carbocycles. The molecule has 4 N–H and O–H groups in total. The van der Waals surface area contributed by atoms with Crippen molar-refractivity contribution >= 4 is 18.4 Å². The van der Waals surface area contributed by atoms with Crippen molar-refractivity contribution in [3.05, 3.63) is 47.7 Å². The van der Waals surface area contributed by atoms with E-state index in [0.717, 1.165) is 5.56 Å². The van der Waals surface area contributed by atoms with Gasteiger partial charge in [0.1, 0.15) is 6.10 Å². The Labute approximate surface area is 122 Å². The molecule has 0 aliphatic heterocycles. The third kappa shape index (κ3) is 3.51. The topological polar surface area (TPSA) is 112 Å². The van der Waals surface area contributed by atoms with E-state index in [1.807, 2.05) is 13.0 Å². The van der Waals surface area contributed by atoms with E-state index in [0.29, 0.717) is 5.56 Å². The molecule has 0 saturated heterocycles. The van der Waals surface area contributed by atoms with Crippen LogP contribution in [0.1, 0.15) is 24.2 Å². The van der Waals surface area contributed by atoms with Crippen LogP contribution in [0, 0.1) is 11.3 Å². The second-order valence-electron chi connectivity index (χ2n) is 4.52. The number of nitriles is 1. The summed E-state index contributed by atoms with van der Waals surface area (Å²) in [6, 6.07) is 10.5. The molecule has 1 aromatic heterocycles. The first kappa shape index (κ1) is 14.8. The number of benzene rings is 1. The minimum Gasteiger partial charge on any atom is -0.482 e. The van der Waals surface area contributed by atoms with Crippen LogP contribution in [0.25, 0.3) is 0 Å². The highest BCUT2D eigenvalue weighted by Gasteiger charge is 2.16. The summed E-state index contributed by atoms with van der Waals surface area (Å²) in [5.41, 5.74) is 7.35. The number of rotatable bonds is 4. The van der Waals surface area contributed by atoms with Gasteiger partial charge in [-0.05, 0) is 30.7 Å². The van der Waals surface area contributed by atoms with Gasteiger partial charge in [-0.3, -0.25) is 0 Å². The standard InChI is InChI=1S/C14H14BN3O3/c1-9(11-4-2-10(7-16)3-5-11)21-13-6-12(15(19)20)8-18-14(13)17/h2-6,8-9,19-20H,1H3,(H2,17,18)/t9-/m1/s1. The Bertz CT molecular complexity index is 668. The zero-order valence-corrected chi connectivity index (χ0v) is 11.4. The molecular weight excluding hydrogens is 269 g/mol. The average molecular weight is 283 g/mol. The molecule has 1 atom stereocenters. The Morgan fingerprint density at radius 2 is 2.00 bits per heavy atom. The number of aromatic nitrogens is 1. The van der Waals surface area contributed by atoms with E-state index in [1.54, 1.807) is 24.3 Å². The van der Waals surface area contributed by atoms with E-state index in [2.05, 4.69) is 4.98 Å². The number of hydrogen-bond acceptors (Lipinski definition) is 6. The Morgan fingerprint density at radius 3 is 2.57 bits per heavy atom. The molecular formula is C14H14BN3O3. The highest BCUT2D eigenvalue weighted by atomic mass is 16.5. The first-order chi connectivity index (χ1) is 10.0. The first-order valence-corrected chi connectivity index (χ1v) is 6.29. The van der Waals surface area contributed by atoms with Crippen LogP contribution in [0.4, 0.5) is 5.82 Å². The number of nitrogens with zero attached hydrogens (tertiary/aromatic N) is 2. The predicted molar refractivity (Wildman–Crippen MR) is 78.7 cm³/mol. The van der Waals surface area contributed by atoms with E-state index in [1.165, 1.54) is 12.3 Å². The van der Waals surface area contributed by atoms with Crippen molar-refractivity contribution in [2.75, 3.05) is 5.73 Å². The maximum absolute atomic E-state index is 9.14. The molecule has 0 unspecified atom stereocenters. The van der Waals surface area contributed by atoms with Gasteiger partial charge in [0.2, 0.25) is 0 Å². The summed E-state index contributed by atoms with van der Waals surface area (Å²) < 4.78 is 5.70. The Balaban J connectivity index is 2.20. The molecule has 1 heterocycles. The fourth-order valence-corrected chi connectivity index (χ4v) is 1.79. The Hall–Kier alpha value is -2.56. The lowest BCUT2D eigenvalue weighted by Gasteiger charge is -2.16. The zero-order valence-electron chi connectivity index (χ0n) is 11.4. The van der Waals surface area contributed by atoms with Crippen molar-refractivity contribution in [1.29, 1.82) is 5.26 Å². The SMILES string of the molecule is C[C@@H](Oc1cc(B(O)O)cnc1N)c1ccc(C#N)cc1. The van der Waals surface area contributed by atoms with Crippen LogP contribution in [0.3, 0.4) is 0 Å². The van der Waals surface area contributed by atoms with Crippen molar-refractivity contribution in [3.63, 3.8) is 0 Å². The van der Waals surface area contributed by atoms with Crippen molar-refractivity contribution in [2.45, 2.75) is 13.0 Å². The van der Waals surface area contributed by atoms with Gasteiger partial charge < -0.3 is 20.5 Å². The van der Waals surface area contributed by atoms with Crippen LogP contribution in [0.5, 0.6) is 5.75 Å².